The van der Waals surface area contributed by atoms with E-state index in [4.69, 9.17) is 23.3 Å². The molecule has 1 fully saturated rings. The number of hydrogen-bond acceptors (Lipinski definition) is 11. The van der Waals surface area contributed by atoms with E-state index in [9.17, 15) is 39.6 Å². The Morgan fingerprint density at radius 2 is 1.76 bits per heavy atom. The van der Waals surface area contributed by atoms with Crippen LogP contribution in [-0.2, 0) is 36.0 Å². The van der Waals surface area contributed by atoms with E-state index in [1.54, 1.807) is 6.07 Å². The van der Waals surface area contributed by atoms with Gasteiger partial charge in [-0.1, -0.05) is 6.07 Å². The summed E-state index contributed by atoms with van der Waals surface area (Å²) in [5, 5.41) is 46.1. The molecule has 1 saturated carbocycles. The number of nitrogens with zero attached hydrogens (tertiary/aromatic N) is 1. The van der Waals surface area contributed by atoms with E-state index in [-0.39, 0.29) is 29.7 Å². The Labute approximate surface area is 215 Å². The number of amides is 2. The predicted octanol–water partition coefficient (Wildman–Crippen LogP) is -1.12. The van der Waals surface area contributed by atoms with Gasteiger partial charge in [0.1, 0.15) is 22.8 Å². The molecule has 0 heterocycles. The first-order chi connectivity index (χ1) is 17.5. The largest absolute Gasteiger partial charge is 0.508 e. The summed E-state index contributed by atoms with van der Waals surface area (Å²) in [6, 6.07) is 1.90. The van der Waals surface area contributed by atoms with E-state index in [0.29, 0.717) is 12.0 Å². The van der Waals surface area contributed by atoms with Gasteiger partial charge in [-0.3, -0.25) is 33.2 Å². The molecular weight excluding hydrogens is 530 g/mol. The Bertz CT molecular complexity index is 1410. The molecule has 0 aromatic heterocycles. The fourth-order valence-electron chi connectivity index (χ4n) is 5.40. The molecule has 0 saturated heterocycles. The van der Waals surface area contributed by atoms with Crippen molar-refractivity contribution < 1.29 is 57.1 Å². The molecule has 38 heavy (non-hydrogen) atoms. The third kappa shape index (κ3) is 4.63. The molecule has 1 aromatic carbocycles. The summed E-state index contributed by atoms with van der Waals surface area (Å²) < 4.78 is 31.6. The van der Waals surface area contributed by atoms with Crippen LogP contribution >= 0.6 is 0 Å². The first kappa shape index (κ1) is 28.7. The van der Waals surface area contributed by atoms with Gasteiger partial charge in [-0.05, 0) is 44.5 Å². The van der Waals surface area contributed by atoms with Crippen molar-refractivity contribution in [2.75, 3.05) is 19.4 Å². The van der Waals surface area contributed by atoms with Crippen molar-refractivity contribution in [2.24, 2.45) is 17.6 Å². The molecule has 4 rings (SSSR count). The van der Waals surface area contributed by atoms with Crippen molar-refractivity contribution in [3.05, 3.63) is 40.2 Å². The molecule has 16 heteroatoms. The molecule has 2 amide bonds. The van der Waals surface area contributed by atoms with Gasteiger partial charge in [0, 0.05) is 11.5 Å². The molecule has 9 N–H and O–H groups in total. The highest BCUT2D eigenvalue weighted by Gasteiger charge is 2.64. The summed E-state index contributed by atoms with van der Waals surface area (Å²) in [6.07, 6.45) is 0.537. The molecule has 0 aliphatic heterocycles. The Kier molecular flexibility index (Phi) is 7.41. The quantitative estimate of drug-likeness (QED) is 0.0948. The summed E-state index contributed by atoms with van der Waals surface area (Å²) in [5.41, 5.74) is 1.89. The van der Waals surface area contributed by atoms with Crippen molar-refractivity contribution in [3.8, 4) is 5.75 Å². The molecule has 0 spiro atoms. The highest BCUT2D eigenvalue weighted by Crippen LogP contribution is 2.53. The van der Waals surface area contributed by atoms with Crippen LogP contribution in [0.1, 0.15) is 17.5 Å². The zero-order valence-corrected chi connectivity index (χ0v) is 20.8. The van der Waals surface area contributed by atoms with Crippen LogP contribution in [0, 0.1) is 11.8 Å². The number of likely N-dealkylation sites (N-methyl/N-ethyl adjacent to an activating group) is 1. The number of nitrogens with one attached hydrogen (secondary N) is 1. The van der Waals surface area contributed by atoms with Crippen LogP contribution in [-0.4, -0.2) is 92.5 Å². The van der Waals surface area contributed by atoms with Crippen LogP contribution in [0.4, 0.5) is 5.69 Å². The lowest BCUT2D eigenvalue weighted by atomic mass is 9.57. The number of aliphatic hydroxyl groups excluding tert-OH is 2. The molecule has 206 valence electrons. The molecule has 1 aromatic rings. The number of phenols is 1. The van der Waals surface area contributed by atoms with Crippen LogP contribution in [0.5, 0.6) is 5.75 Å². The maximum absolute atomic E-state index is 13.6. The standard InChI is InChI=1S/C22H23N3O8.H2O4S/c1-25(2)15-10-6-9-5-8-3-4-11(24-7-26)16(27)12(8)17(28)13(9)19(30)22(10,33)20(31)14(18(15)29)21(23)32;1-5(2,3)4/h3-4,7,9-10,15,27-28,31,33H,5-6H2,1-2H3,(H2,23,32)(H,24,26);(H2,1,2,3,4). The molecule has 15 nitrogen and oxygen atoms in total. The molecule has 0 radical (unpaired) electrons. The first-order valence-corrected chi connectivity index (χ1v) is 12.3. The molecule has 4 atom stereocenters. The number of nitrogens with two attached hydrogens (primary N) is 1. The summed E-state index contributed by atoms with van der Waals surface area (Å²) >= 11 is 0. The molecule has 3 aliphatic rings. The van der Waals surface area contributed by atoms with E-state index < -0.39 is 74.2 Å². The number of carbonyl (C=O) groups is 4. The normalized spacial score (nSPS) is 26.6. The van der Waals surface area contributed by atoms with Crippen LogP contribution in [0.15, 0.2) is 29.0 Å². The second-order valence-electron chi connectivity index (χ2n) is 9.17. The summed E-state index contributed by atoms with van der Waals surface area (Å²) in [5.74, 6) is -7.16. The minimum absolute atomic E-state index is 0.00360. The lowest BCUT2D eigenvalue weighted by molar-refractivity contribution is -0.153. The fraction of sp³-hybridized carbons (Fsp3) is 0.364. The highest BCUT2D eigenvalue weighted by molar-refractivity contribution is 7.79. The third-order valence-corrected chi connectivity index (χ3v) is 6.81. The topological polar surface area (TPSA) is 265 Å². The number of carbonyl (C=O) groups excluding carboxylic acids is 4. The van der Waals surface area contributed by atoms with Crippen molar-refractivity contribution in [2.45, 2.75) is 24.5 Å². The fourth-order valence-corrected chi connectivity index (χ4v) is 5.40. The average molecular weight is 556 g/mol. The van der Waals surface area contributed by atoms with Gasteiger partial charge >= 0.3 is 10.4 Å². The zero-order chi connectivity index (χ0) is 28.9. The Morgan fingerprint density at radius 3 is 2.26 bits per heavy atom. The minimum Gasteiger partial charge on any atom is -0.508 e. The number of anilines is 1. The van der Waals surface area contributed by atoms with Crippen molar-refractivity contribution in [1.29, 1.82) is 0 Å². The monoisotopic (exact) mass is 555 g/mol. The van der Waals surface area contributed by atoms with Gasteiger partial charge in [0.05, 0.1) is 17.3 Å². The molecule has 0 bridgehead atoms. The summed E-state index contributed by atoms with van der Waals surface area (Å²) in [4.78, 5) is 50.8. The average Bonchev–Trinajstić information content (AvgIpc) is 2.76. The number of fused-ring (bicyclic) bond motifs is 3. The number of primary amides is 1. The van der Waals surface area contributed by atoms with Gasteiger partial charge in [0.2, 0.25) is 12.2 Å². The molecule has 4 unspecified atom stereocenters. The molecule has 3 aliphatic carbocycles. The van der Waals surface area contributed by atoms with Gasteiger partial charge in [-0.15, -0.1) is 0 Å². The van der Waals surface area contributed by atoms with Crippen LogP contribution in [0.25, 0.3) is 5.76 Å². The van der Waals surface area contributed by atoms with E-state index in [2.05, 4.69) is 5.32 Å². The second kappa shape index (κ2) is 9.80. The number of rotatable bonds is 4. The lowest BCUT2D eigenvalue weighted by Gasteiger charge is -2.50. The maximum atomic E-state index is 13.6. The SMILES string of the molecule is CN(C)C1C(=O)C(C(N)=O)=C(O)C2(O)C(=O)C3=C(O)c4c(ccc(NC=O)c4O)CC3CC12.O=S(=O)(O)O. The number of ketones is 2. The van der Waals surface area contributed by atoms with E-state index in [0.717, 1.165) is 0 Å². The Morgan fingerprint density at radius 1 is 1.18 bits per heavy atom. The number of benzene rings is 1. The number of phenolic OH excluding ortho intramolecular Hbond substituents is 1. The van der Waals surface area contributed by atoms with Gasteiger partial charge in [-0.2, -0.15) is 8.42 Å². The van der Waals surface area contributed by atoms with Crippen molar-refractivity contribution in [3.63, 3.8) is 0 Å². The van der Waals surface area contributed by atoms with Crippen molar-refractivity contribution >= 4 is 45.7 Å². The summed E-state index contributed by atoms with van der Waals surface area (Å²) in [7, 11) is -1.60. The number of aromatic hydroxyl groups is 1. The lowest BCUT2D eigenvalue weighted by Crippen LogP contribution is -2.65. The third-order valence-electron chi connectivity index (χ3n) is 6.81. The predicted molar refractivity (Wildman–Crippen MR) is 128 cm³/mol. The maximum Gasteiger partial charge on any atom is 0.394 e. The van der Waals surface area contributed by atoms with Crippen LogP contribution in [0.2, 0.25) is 0 Å². The number of hydrogen-bond donors (Lipinski definition) is 8. The molecular formula is C22H25N3O12S. The highest BCUT2D eigenvalue weighted by atomic mass is 32.3. The van der Waals surface area contributed by atoms with Gasteiger partial charge < -0.3 is 31.5 Å². The van der Waals surface area contributed by atoms with Crippen LogP contribution < -0.4 is 11.1 Å². The van der Waals surface area contributed by atoms with Gasteiger partial charge in [0.25, 0.3) is 5.91 Å². The smallest absolute Gasteiger partial charge is 0.394 e. The van der Waals surface area contributed by atoms with Gasteiger partial charge in [-0.25, -0.2) is 0 Å². The van der Waals surface area contributed by atoms with E-state index in [1.807, 2.05) is 0 Å². The summed E-state index contributed by atoms with van der Waals surface area (Å²) in [6.45, 7) is 0. The zero-order valence-electron chi connectivity index (χ0n) is 19.9. The minimum atomic E-state index is -4.67. The number of aliphatic hydroxyl groups is 3. The second-order valence-corrected chi connectivity index (χ2v) is 10.1. The Hall–Kier alpha value is -3.83. The Balaban J connectivity index is 0.000000732. The number of Topliss-reactive ketones (excluding diaryl/α,β-unsaturated/α-hetero) is 2. The van der Waals surface area contributed by atoms with E-state index in [1.165, 1.54) is 25.1 Å². The van der Waals surface area contributed by atoms with Gasteiger partial charge in [0.15, 0.2) is 11.4 Å². The van der Waals surface area contributed by atoms with E-state index >= 15 is 0 Å². The van der Waals surface area contributed by atoms with Crippen molar-refractivity contribution in [1.82, 2.24) is 4.90 Å². The van der Waals surface area contributed by atoms with Crippen LogP contribution in [0.3, 0.4) is 0 Å². The first-order valence-electron chi connectivity index (χ1n) is 10.9.